The van der Waals surface area contributed by atoms with Crippen molar-refractivity contribution in [3.63, 3.8) is 0 Å². The van der Waals surface area contributed by atoms with E-state index in [1.54, 1.807) is 0 Å². The van der Waals surface area contributed by atoms with Crippen molar-refractivity contribution in [2.75, 3.05) is 20.3 Å². The zero-order valence-electron chi connectivity index (χ0n) is 15.9. The number of halogens is 3. The van der Waals surface area contributed by atoms with Crippen LogP contribution in [-0.2, 0) is 14.8 Å². The van der Waals surface area contributed by atoms with Crippen molar-refractivity contribution in [3.8, 4) is 0 Å². The molecule has 1 heterocycles. The first kappa shape index (κ1) is 22.1. The van der Waals surface area contributed by atoms with Crippen molar-refractivity contribution in [1.82, 2.24) is 20.5 Å². The summed E-state index contributed by atoms with van der Waals surface area (Å²) in [5.74, 6) is -1.69. The van der Waals surface area contributed by atoms with E-state index in [0.717, 1.165) is 13.2 Å². The van der Waals surface area contributed by atoms with Gasteiger partial charge in [-0.3, -0.25) is 20.4 Å². The number of hydrogen-bond acceptors (Lipinski definition) is 5. The first-order chi connectivity index (χ1) is 13.2. The second-order valence-corrected chi connectivity index (χ2v) is 10.8. The molecule has 11 heteroatoms. The molecule has 3 aliphatic rings. The van der Waals surface area contributed by atoms with Gasteiger partial charge in [-0.25, -0.2) is 17.2 Å². The highest BCUT2D eigenvalue weighted by Crippen LogP contribution is 2.37. The summed E-state index contributed by atoms with van der Waals surface area (Å²) in [5, 5.41) is 1.80. The van der Waals surface area contributed by atoms with Crippen LogP contribution in [0.5, 0.6) is 0 Å². The van der Waals surface area contributed by atoms with Crippen LogP contribution in [0.3, 0.4) is 0 Å². The summed E-state index contributed by atoms with van der Waals surface area (Å²) in [7, 11) is -1.86. The molecule has 0 aromatic heterocycles. The highest BCUT2D eigenvalue weighted by atomic mass is 35.5. The van der Waals surface area contributed by atoms with Crippen LogP contribution in [0.25, 0.3) is 0 Å². The molecule has 1 aliphatic heterocycles. The predicted octanol–water partition coefficient (Wildman–Crippen LogP) is 1.05. The van der Waals surface area contributed by atoms with E-state index >= 15 is 0 Å². The summed E-state index contributed by atoms with van der Waals surface area (Å²) in [6, 6.07) is 0.127. The number of rotatable bonds is 5. The van der Waals surface area contributed by atoms with Gasteiger partial charge >= 0.3 is 0 Å². The van der Waals surface area contributed by atoms with E-state index < -0.39 is 44.8 Å². The number of carbonyl (C=O) groups is 1. The molecule has 0 aromatic carbocycles. The molecule has 0 spiro atoms. The Labute approximate surface area is 169 Å². The van der Waals surface area contributed by atoms with Crippen molar-refractivity contribution >= 4 is 27.5 Å². The van der Waals surface area contributed by atoms with Crippen molar-refractivity contribution in [2.24, 2.45) is 11.8 Å². The standard InChI is InChI=1S/C17H29ClF2N4O3S/c1-24-8-15(21-9-24)10-6-13(16(20)14(18)7-10)17(25)22-23-28(26,27)12-4-2-11(19)3-5-12/h10-16,21,23H,2-9H2,1H3,(H,22,25). The topological polar surface area (TPSA) is 90.5 Å². The summed E-state index contributed by atoms with van der Waals surface area (Å²) in [4.78, 5) is 16.7. The second-order valence-electron chi connectivity index (χ2n) is 8.32. The zero-order valence-corrected chi connectivity index (χ0v) is 17.5. The Balaban J connectivity index is 1.57. The van der Waals surface area contributed by atoms with Gasteiger partial charge in [-0.1, -0.05) is 0 Å². The van der Waals surface area contributed by atoms with Crippen LogP contribution >= 0.6 is 11.6 Å². The molecule has 5 unspecified atom stereocenters. The molecular formula is C17H29ClF2N4O3S. The number of carbonyl (C=O) groups excluding carboxylic acids is 1. The van der Waals surface area contributed by atoms with Gasteiger partial charge in [0.1, 0.15) is 12.3 Å². The SMILES string of the molecule is CN1CNC(C2CC(Cl)C(F)C(C(=O)NNS(=O)(=O)C3CCC(F)CC3)C2)C1. The number of sulfonamides is 1. The minimum absolute atomic E-state index is 0.0339. The number of likely N-dealkylation sites (N-methyl/N-ethyl adjacent to an activating group) is 1. The minimum atomic E-state index is -3.83. The molecule has 7 nitrogen and oxygen atoms in total. The van der Waals surface area contributed by atoms with Gasteiger partial charge in [-0.2, -0.15) is 0 Å². The van der Waals surface area contributed by atoms with Gasteiger partial charge in [0, 0.05) is 19.3 Å². The Morgan fingerprint density at radius 1 is 1.18 bits per heavy atom. The maximum Gasteiger partial charge on any atom is 0.241 e. The lowest BCUT2D eigenvalue weighted by Gasteiger charge is -2.37. The monoisotopic (exact) mass is 442 g/mol. The summed E-state index contributed by atoms with van der Waals surface area (Å²) in [5.41, 5.74) is 2.17. The number of nitrogens with one attached hydrogen (secondary N) is 3. The van der Waals surface area contributed by atoms with Crippen LogP contribution < -0.4 is 15.6 Å². The molecule has 5 atom stereocenters. The third-order valence-electron chi connectivity index (χ3n) is 6.21. The molecule has 2 aliphatic carbocycles. The van der Waals surface area contributed by atoms with Crippen LogP contribution in [0.1, 0.15) is 38.5 Å². The fraction of sp³-hybridized carbons (Fsp3) is 0.941. The van der Waals surface area contributed by atoms with E-state index in [4.69, 9.17) is 11.6 Å². The quantitative estimate of drug-likeness (QED) is 0.437. The maximum absolute atomic E-state index is 14.6. The maximum atomic E-state index is 14.6. The first-order valence-corrected chi connectivity index (χ1v) is 11.8. The Morgan fingerprint density at radius 2 is 1.86 bits per heavy atom. The van der Waals surface area contributed by atoms with Gasteiger partial charge in [0.25, 0.3) is 0 Å². The average Bonchev–Trinajstić information content (AvgIpc) is 3.08. The van der Waals surface area contributed by atoms with Crippen LogP contribution in [0, 0.1) is 11.8 Å². The van der Waals surface area contributed by atoms with E-state index in [1.807, 2.05) is 7.05 Å². The van der Waals surface area contributed by atoms with E-state index in [0.29, 0.717) is 12.8 Å². The summed E-state index contributed by atoms with van der Waals surface area (Å²) < 4.78 is 52.5. The molecule has 3 rings (SSSR count). The fourth-order valence-corrected chi connectivity index (χ4v) is 6.19. The van der Waals surface area contributed by atoms with Crippen LogP contribution in [0.15, 0.2) is 0 Å². The number of nitrogens with zero attached hydrogens (tertiary/aromatic N) is 1. The molecule has 3 N–H and O–H groups in total. The van der Waals surface area contributed by atoms with Gasteiger partial charge in [0.15, 0.2) is 0 Å². The summed E-state index contributed by atoms with van der Waals surface area (Å²) in [6.45, 7) is 1.52. The van der Waals surface area contributed by atoms with Crippen molar-refractivity contribution in [3.05, 3.63) is 0 Å². The molecule has 1 amide bonds. The van der Waals surface area contributed by atoms with Crippen molar-refractivity contribution in [2.45, 2.75) is 67.5 Å². The zero-order chi connectivity index (χ0) is 20.5. The smallest absolute Gasteiger partial charge is 0.241 e. The normalized spacial score (nSPS) is 40.4. The lowest BCUT2D eigenvalue weighted by molar-refractivity contribution is -0.129. The average molecular weight is 443 g/mol. The van der Waals surface area contributed by atoms with Gasteiger partial charge in [0.05, 0.1) is 16.5 Å². The number of hydrogen-bond donors (Lipinski definition) is 3. The van der Waals surface area contributed by atoms with E-state index in [2.05, 4.69) is 20.5 Å². The largest absolute Gasteiger partial charge is 0.300 e. The minimum Gasteiger partial charge on any atom is -0.300 e. The second kappa shape index (κ2) is 9.07. The molecule has 0 bridgehead atoms. The lowest BCUT2D eigenvalue weighted by atomic mass is 9.76. The van der Waals surface area contributed by atoms with Crippen LogP contribution in [-0.4, -0.2) is 68.5 Å². The molecule has 0 radical (unpaired) electrons. The van der Waals surface area contributed by atoms with E-state index in [9.17, 15) is 22.0 Å². The summed E-state index contributed by atoms with van der Waals surface area (Å²) in [6.07, 6.45) is -0.963. The molecule has 3 fully saturated rings. The summed E-state index contributed by atoms with van der Waals surface area (Å²) >= 11 is 6.17. The Kier molecular flexibility index (Phi) is 7.18. The lowest BCUT2D eigenvalue weighted by Crippen LogP contribution is -2.53. The number of alkyl halides is 3. The van der Waals surface area contributed by atoms with Gasteiger partial charge in [-0.15, -0.1) is 16.4 Å². The molecule has 28 heavy (non-hydrogen) atoms. The third kappa shape index (κ3) is 5.13. The van der Waals surface area contributed by atoms with Crippen LogP contribution in [0.2, 0.25) is 0 Å². The van der Waals surface area contributed by atoms with Gasteiger partial charge in [0.2, 0.25) is 15.9 Å². The van der Waals surface area contributed by atoms with Gasteiger partial charge < -0.3 is 0 Å². The first-order valence-electron chi connectivity index (χ1n) is 9.82. The Hall–Kier alpha value is -0.550. The molecule has 1 saturated heterocycles. The fourth-order valence-electron chi connectivity index (χ4n) is 4.49. The molecule has 2 saturated carbocycles. The van der Waals surface area contributed by atoms with E-state index in [1.165, 1.54) is 0 Å². The predicted molar refractivity (Wildman–Crippen MR) is 103 cm³/mol. The van der Waals surface area contributed by atoms with Crippen molar-refractivity contribution < 1.29 is 22.0 Å². The Bertz CT molecular complexity index is 663. The number of hydrazine groups is 1. The van der Waals surface area contributed by atoms with E-state index in [-0.39, 0.29) is 37.6 Å². The molecular weight excluding hydrogens is 414 g/mol. The molecule has 162 valence electrons. The third-order valence-corrected chi connectivity index (χ3v) is 8.37. The Morgan fingerprint density at radius 3 is 2.46 bits per heavy atom. The molecule has 0 aromatic rings. The highest BCUT2D eigenvalue weighted by molar-refractivity contribution is 7.90. The number of amides is 1. The van der Waals surface area contributed by atoms with Crippen LogP contribution in [0.4, 0.5) is 8.78 Å². The van der Waals surface area contributed by atoms with Gasteiger partial charge in [-0.05, 0) is 51.5 Å². The van der Waals surface area contributed by atoms with Crippen molar-refractivity contribution in [1.29, 1.82) is 0 Å². The highest BCUT2D eigenvalue weighted by Gasteiger charge is 2.44.